The van der Waals surface area contributed by atoms with Crippen LogP contribution in [0, 0.1) is 0 Å². The van der Waals surface area contributed by atoms with Gasteiger partial charge in [-0.05, 0) is 58.4 Å². The third-order valence-corrected chi connectivity index (χ3v) is 5.77. The van der Waals surface area contributed by atoms with Crippen LogP contribution in [0.2, 0.25) is 0 Å². The lowest BCUT2D eigenvalue weighted by Crippen LogP contribution is -2.49. The summed E-state index contributed by atoms with van der Waals surface area (Å²) in [5.74, 6) is 1.16. The summed E-state index contributed by atoms with van der Waals surface area (Å²) >= 11 is 0. The standard InChI is InChI=1S/C25H33N7O4/c1-5-26-23(34)28-17-8-6-16(7-9-17)21-29-19-14-32(24(35)36-25(2,3)4)12-10-18(19)22(30-21)31-13-11-27-20(33)15-31/h6-9H,5,10-15H2,1-4H3,(H,27,33)(H2,26,28,34). The fourth-order valence-corrected chi connectivity index (χ4v) is 4.14. The number of benzene rings is 1. The van der Waals surface area contributed by atoms with Crippen LogP contribution < -0.4 is 20.9 Å². The molecule has 1 fully saturated rings. The molecule has 0 unspecified atom stereocenters. The molecule has 1 aromatic carbocycles. The van der Waals surface area contributed by atoms with Gasteiger partial charge in [-0.15, -0.1) is 0 Å². The van der Waals surface area contributed by atoms with E-state index in [0.717, 1.165) is 22.6 Å². The maximum absolute atomic E-state index is 12.7. The number of hydrogen-bond donors (Lipinski definition) is 3. The molecular formula is C25H33N7O4. The summed E-state index contributed by atoms with van der Waals surface area (Å²) in [6, 6.07) is 6.97. The molecule has 192 valence electrons. The molecule has 2 aliphatic heterocycles. The van der Waals surface area contributed by atoms with Gasteiger partial charge >= 0.3 is 12.1 Å². The lowest BCUT2D eigenvalue weighted by Gasteiger charge is -2.34. The van der Waals surface area contributed by atoms with Gasteiger partial charge in [0.15, 0.2) is 5.82 Å². The molecule has 0 spiro atoms. The molecule has 4 rings (SSSR count). The Kier molecular flexibility index (Phi) is 7.27. The lowest BCUT2D eigenvalue weighted by atomic mass is 10.0. The molecular weight excluding hydrogens is 462 g/mol. The molecule has 11 heteroatoms. The highest BCUT2D eigenvalue weighted by Crippen LogP contribution is 2.31. The summed E-state index contributed by atoms with van der Waals surface area (Å²) in [7, 11) is 0. The number of carbonyl (C=O) groups excluding carboxylic acids is 3. The van der Waals surface area contributed by atoms with Gasteiger partial charge in [0.25, 0.3) is 0 Å². The molecule has 0 saturated carbocycles. The van der Waals surface area contributed by atoms with E-state index in [4.69, 9.17) is 14.7 Å². The van der Waals surface area contributed by atoms with Crippen molar-refractivity contribution in [2.45, 2.75) is 46.3 Å². The highest BCUT2D eigenvalue weighted by atomic mass is 16.6. The van der Waals surface area contributed by atoms with E-state index in [0.29, 0.717) is 50.7 Å². The Bertz CT molecular complexity index is 1140. The first-order valence-corrected chi connectivity index (χ1v) is 12.2. The first-order chi connectivity index (χ1) is 17.1. The minimum Gasteiger partial charge on any atom is -0.444 e. The number of urea groups is 1. The van der Waals surface area contributed by atoms with Crippen LogP contribution in [0.1, 0.15) is 39.0 Å². The van der Waals surface area contributed by atoms with Crippen LogP contribution in [0.5, 0.6) is 0 Å². The Morgan fingerprint density at radius 3 is 2.53 bits per heavy atom. The minimum absolute atomic E-state index is 0.0536. The summed E-state index contributed by atoms with van der Waals surface area (Å²) in [4.78, 5) is 50.0. The van der Waals surface area contributed by atoms with Crippen molar-refractivity contribution < 1.29 is 19.1 Å². The second-order valence-corrected chi connectivity index (χ2v) is 9.78. The van der Waals surface area contributed by atoms with Gasteiger partial charge in [0.05, 0.1) is 18.8 Å². The van der Waals surface area contributed by atoms with Gasteiger partial charge in [-0.3, -0.25) is 4.79 Å². The van der Waals surface area contributed by atoms with Gasteiger partial charge in [-0.25, -0.2) is 19.6 Å². The molecule has 0 atom stereocenters. The topological polar surface area (TPSA) is 129 Å². The van der Waals surface area contributed by atoms with Gasteiger partial charge < -0.3 is 30.5 Å². The van der Waals surface area contributed by atoms with Gasteiger partial charge in [0.1, 0.15) is 11.4 Å². The molecule has 0 aliphatic carbocycles. The van der Waals surface area contributed by atoms with Crippen LogP contribution in [0.3, 0.4) is 0 Å². The summed E-state index contributed by atoms with van der Waals surface area (Å²) in [5, 5.41) is 8.32. The fraction of sp³-hybridized carbons (Fsp3) is 0.480. The first-order valence-electron chi connectivity index (χ1n) is 12.2. The van der Waals surface area contributed by atoms with Gasteiger partial charge in [-0.1, -0.05) is 0 Å². The number of fused-ring (bicyclic) bond motifs is 1. The zero-order valence-corrected chi connectivity index (χ0v) is 21.2. The smallest absolute Gasteiger partial charge is 0.410 e. The van der Waals surface area contributed by atoms with Crippen molar-refractivity contribution in [2.75, 3.05) is 42.9 Å². The number of anilines is 2. The Morgan fingerprint density at radius 1 is 1.11 bits per heavy atom. The number of rotatable bonds is 4. The normalized spacial score (nSPS) is 15.6. The van der Waals surface area contributed by atoms with Crippen molar-refractivity contribution >= 4 is 29.5 Å². The summed E-state index contributed by atoms with van der Waals surface area (Å²) in [6.07, 6.45) is 0.186. The van der Waals surface area contributed by atoms with Crippen LogP contribution in [0.4, 0.5) is 21.1 Å². The average molecular weight is 496 g/mol. The third kappa shape index (κ3) is 6.02. The van der Waals surface area contributed by atoms with E-state index in [1.807, 2.05) is 44.7 Å². The van der Waals surface area contributed by atoms with Crippen LogP contribution in [0.25, 0.3) is 11.4 Å². The summed E-state index contributed by atoms with van der Waals surface area (Å²) in [5.41, 5.74) is 2.50. The molecule has 0 radical (unpaired) electrons. The van der Waals surface area contributed by atoms with Crippen molar-refractivity contribution in [3.05, 3.63) is 35.5 Å². The second kappa shape index (κ2) is 10.4. The van der Waals surface area contributed by atoms with E-state index in [9.17, 15) is 14.4 Å². The van der Waals surface area contributed by atoms with Gasteiger partial charge in [0.2, 0.25) is 5.91 Å². The lowest BCUT2D eigenvalue weighted by molar-refractivity contribution is -0.120. The zero-order chi connectivity index (χ0) is 25.9. The number of aromatic nitrogens is 2. The van der Waals surface area contributed by atoms with E-state index in [1.54, 1.807) is 17.0 Å². The molecule has 11 nitrogen and oxygen atoms in total. The van der Waals surface area contributed by atoms with E-state index in [1.165, 1.54) is 0 Å². The van der Waals surface area contributed by atoms with Crippen LogP contribution >= 0.6 is 0 Å². The number of nitrogens with zero attached hydrogens (tertiary/aromatic N) is 4. The van der Waals surface area contributed by atoms with Crippen LogP contribution in [-0.2, 0) is 22.5 Å². The predicted octanol–water partition coefficient (Wildman–Crippen LogP) is 2.51. The Hall–Kier alpha value is -3.89. The number of hydrogen-bond acceptors (Lipinski definition) is 7. The highest BCUT2D eigenvalue weighted by Gasteiger charge is 2.31. The zero-order valence-electron chi connectivity index (χ0n) is 21.2. The van der Waals surface area contributed by atoms with Crippen LogP contribution in [0.15, 0.2) is 24.3 Å². The molecule has 2 aromatic rings. The number of carbonyl (C=O) groups is 3. The maximum atomic E-state index is 12.7. The number of piperazine rings is 1. The molecule has 3 N–H and O–H groups in total. The minimum atomic E-state index is -0.593. The number of nitrogens with one attached hydrogen (secondary N) is 3. The van der Waals surface area contributed by atoms with Crippen molar-refractivity contribution in [3.63, 3.8) is 0 Å². The quantitative estimate of drug-likeness (QED) is 0.594. The van der Waals surface area contributed by atoms with Crippen molar-refractivity contribution in [1.29, 1.82) is 0 Å². The summed E-state index contributed by atoms with van der Waals surface area (Å²) in [6.45, 7) is 10.1. The third-order valence-electron chi connectivity index (χ3n) is 5.77. The average Bonchev–Trinajstić information content (AvgIpc) is 2.82. The van der Waals surface area contributed by atoms with Crippen molar-refractivity contribution in [1.82, 2.24) is 25.5 Å². The Balaban J connectivity index is 1.66. The maximum Gasteiger partial charge on any atom is 0.410 e. The SMILES string of the molecule is CCNC(=O)Nc1ccc(-c2nc3c(c(N4CCNC(=O)C4)n2)CCN(C(=O)OC(C)(C)C)C3)cc1. The van der Waals surface area contributed by atoms with Gasteiger partial charge in [-0.2, -0.15) is 0 Å². The van der Waals surface area contributed by atoms with E-state index in [-0.39, 0.29) is 24.6 Å². The van der Waals surface area contributed by atoms with Crippen molar-refractivity contribution in [3.8, 4) is 11.4 Å². The Labute approximate surface area is 210 Å². The van der Waals surface area contributed by atoms with E-state index >= 15 is 0 Å². The molecule has 3 heterocycles. The predicted molar refractivity (Wildman–Crippen MR) is 136 cm³/mol. The largest absolute Gasteiger partial charge is 0.444 e. The number of amides is 4. The van der Waals surface area contributed by atoms with Gasteiger partial charge in [0, 0.05) is 43.0 Å². The summed E-state index contributed by atoms with van der Waals surface area (Å²) < 4.78 is 5.57. The second-order valence-electron chi connectivity index (χ2n) is 9.78. The monoisotopic (exact) mass is 495 g/mol. The van der Waals surface area contributed by atoms with E-state index in [2.05, 4.69) is 16.0 Å². The Morgan fingerprint density at radius 2 is 1.86 bits per heavy atom. The molecule has 1 saturated heterocycles. The molecule has 0 bridgehead atoms. The fourth-order valence-electron chi connectivity index (χ4n) is 4.14. The molecule has 36 heavy (non-hydrogen) atoms. The number of ether oxygens (including phenoxy) is 1. The molecule has 4 amide bonds. The van der Waals surface area contributed by atoms with E-state index < -0.39 is 5.60 Å². The van der Waals surface area contributed by atoms with Crippen LogP contribution in [-0.4, -0.2) is 71.2 Å². The first kappa shape index (κ1) is 25.2. The molecule has 1 aromatic heterocycles. The molecule has 2 aliphatic rings. The highest BCUT2D eigenvalue weighted by molar-refractivity contribution is 5.89. The van der Waals surface area contributed by atoms with Crippen molar-refractivity contribution in [2.24, 2.45) is 0 Å².